The van der Waals surface area contributed by atoms with E-state index in [2.05, 4.69) is 22.2 Å². The van der Waals surface area contributed by atoms with E-state index in [-0.39, 0.29) is 11.9 Å². The molecule has 0 atom stereocenters. The first-order valence-corrected chi connectivity index (χ1v) is 5.38. The van der Waals surface area contributed by atoms with Crippen LogP contribution in [0.1, 0.15) is 32.6 Å². The van der Waals surface area contributed by atoms with Crippen LogP contribution in [0.2, 0.25) is 5.15 Å². The number of halogens is 1. The van der Waals surface area contributed by atoms with Crippen LogP contribution in [0.3, 0.4) is 0 Å². The van der Waals surface area contributed by atoms with Gasteiger partial charge in [-0.25, -0.2) is 9.97 Å². The quantitative estimate of drug-likeness (QED) is 0.622. The van der Waals surface area contributed by atoms with Crippen molar-refractivity contribution >= 4 is 23.5 Å². The third-order valence-electron chi connectivity index (χ3n) is 1.88. The van der Waals surface area contributed by atoms with Gasteiger partial charge in [-0.3, -0.25) is 10.1 Å². The summed E-state index contributed by atoms with van der Waals surface area (Å²) in [5.74, 6) is 0.203. The van der Waals surface area contributed by atoms with E-state index in [1.807, 2.05) is 0 Å². The molecule has 0 aliphatic heterocycles. The molecule has 15 heavy (non-hydrogen) atoms. The van der Waals surface area contributed by atoms with Gasteiger partial charge in [0, 0.05) is 12.6 Å². The molecule has 1 aromatic heterocycles. The van der Waals surface area contributed by atoms with Gasteiger partial charge in [-0.2, -0.15) is 0 Å². The largest absolute Gasteiger partial charge is 0.294 e. The summed E-state index contributed by atoms with van der Waals surface area (Å²) in [7, 11) is 0. The Bertz CT molecular complexity index is 330. The number of unbranched alkanes of at least 4 members (excludes halogenated alkanes) is 2. The lowest BCUT2D eigenvalue weighted by molar-refractivity contribution is -0.116. The minimum absolute atomic E-state index is 0.0642. The van der Waals surface area contributed by atoms with E-state index in [1.54, 1.807) is 6.07 Å². The first-order valence-electron chi connectivity index (χ1n) is 5.00. The zero-order valence-electron chi connectivity index (χ0n) is 8.66. The zero-order valence-corrected chi connectivity index (χ0v) is 9.42. The first-order chi connectivity index (χ1) is 7.22. The molecule has 4 nitrogen and oxygen atoms in total. The fourth-order valence-corrected chi connectivity index (χ4v) is 1.26. The van der Waals surface area contributed by atoms with Gasteiger partial charge in [-0.15, -0.1) is 0 Å². The molecule has 82 valence electrons. The second kappa shape index (κ2) is 6.35. The van der Waals surface area contributed by atoms with E-state index in [1.165, 1.54) is 6.20 Å². The van der Waals surface area contributed by atoms with E-state index in [0.717, 1.165) is 19.3 Å². The lowest BCUT2D eigenvalue weighted by atomic mass is 10.2. The van der Waals surface area contributed by atoms with Gasteiger partial charge in [0.15, 0.2) is 0 Å². The minimum Gasteiger partial charge on any atom is -0.294 e. The summed E-state index contributed by atoms with van der Waals surface area (Å²) in [5.41, 5.74) is 0. The molecule has 0 aromatic carbocycles. The van der Waals surface area contributed by atoms with Gasteiger partial charge in [0.25, 0.3) is 0 Å². The third kappa shape index (κ3) is 4.74. The van der Waals surface area contributed by atoms with Gasteiger partial charge in [0.2, 0.25) is 11.9 Å². The highest BCUT2D eigenvalue weighted by Gasteiger charge is 2.03. The average molecular weight is 228 g/mol. The molecule has 1 amide bonds. The summed E-state index contributed by atoms with van der Waals surface area (Å²) >= 11 is 5.65. The molecular formula is C10H14ClN3O. The van der Waals surface area contributed by atoms with Crippen molar-refractivity contribution in [3.8, 4) is 0 Å². The topological polar surface area (TPSA) is 54.9 Å². The van der Waals surface area contributed by atoms with Crippen molar-refractivity contribution in [2.75, 3.05) is 5.32 Å². The zero-order chi connectivity index (χ0) is 11.1. The number of hydrogen-bond donors (Lipinski definition) is 1. The molecule has 1 aromatic rings. The summed E-state index contributed by atoms with van der Waals surface area (Å²) < 4.78 is 0. The fourth-order valence-electron chi connectivity index (χ4n) is 1.12. The Kier molecular flexibility index (Phi) is 5.04. The van der Waals surface area contributed by atoms with Crippen LogP contribution >= 0.6 is 11.6 Å². The highest BCUT2D eigenvalue weighted by molar-refractivity contribution is 6.29. The van der Waals surface area contributed by atoms with Crippen LogP contribution in [-0.2, 0) is 4.79 Å². The lowest BCUT2D eigenvalue weighted by Crippen LogP contribution is -2.13. The van der Waals surface area contributed by atoms with Gasteiger partial charge >= 0.3 is 0 Å². The van der Waals surface area contributed by atoms with Crippen molar-refractivity contribution < 1.29 is 4.79 Å². The molecule has 0 aliphatic carbocycles. The van der Waals surface area contributed by atoms with Crippen LogP contribution in [0, 0.1) is 0 Å². The molecule has 5 heteroatoms. The normalized spacial score (nSPS) is 10.0. The number of carbonyl (C=O) groups is 1. The summed E-state index contributed by atoms with van der Waals surface area (Å²) in [6, 6.07) is 1.56. The lowest BCUT2D eigenvalue weighted by Gasteiger charge is -2.02. The van der Waals surface area contributed by atoms with Crippen molar-refractivity contribution in [1.29, 1.82) is 0 Å². The maximum Gasteiger partial charge on any atom is 0.230 e. The maximum atomic E-state index is 11.4. The Hall–Kier alpha value is -1.16. The average Bonchev–Trinajstić information content (AvgIpc) is 2.18. The summed E-state index contributed by atoms with van der Waals surface area (Å²) in [5, 5.41) is 2.92. The van der Waals surface area contributed by atoms with Crippen molar-refractivity contribution in [1.82, 2.24) is 9.97 Å². The van der Waals surface area contributed by atoms with Crippen molar-refractivity contribution in [3.05, 3.63) is 17.4 Å². The molecule has 0 saturated carbocycles. The van der Waals surface area contributed by atoms with Crippen molar-refractivity contribution in [2.45, 2.75) is 32.6 Å². The predicted octanol–water partition coefficient (Wildman–Crippen LogP) is 2.65. The Morgan fingerprint density at radius 1 is 1.53 bits per heavy atom. The van der Waals surface area contributed by atoms with E-state index in [0.29, 0.717) is 11.6 Å². The number of anilines is 1. The van der Waals surface area contributed by atoms with Crippen molar-refractivity contribution in [2.24, 2.45) is 0 Å². The highest BCUT2D eigenvalue weighted by atomic mass is 35.5. The smallest absolute Gasteiger partial charge is 0.230 e. The monoisotopic (exact) mass is 227 g/mol. The molecule has 1 rings (SSSR count). The molecule has 0 radical (unpaired) electrons. The summed E-state index contributed by atoms with van der Waals surface area (Å²) in [6.45, 7) is 2.10. The van der Waals surface area contributed by atoms with Crippen LogP contribution < -0.4 is 5.32 Å². The molecule has 0 saturated heterocycles. The van der Waals surface area contributed by atoms with E-state index in [4.69, 9.17) is 11.6 Å². The Labute approximate surface area is 94.1 Å². The Morgan fingerprint density at radius 2 is 2.33 bits per heavy atom. The third-order valence-corrected chi connectivity index (χ3v) is 2.09. The second-order valence-corrected chi connectivity index (χ2v) is 3.60. The number of nitrogens with one attached hydrogen (secondary N) is 1. The molecule has 0 spiro atoms. The molecule has 1 N–H and O–H groups in total. The molecule has 0 unspecified atom stereocenters. The molecule has 1 heterocycles. The number of hydrogen-bond acceptors (Lipinski definition) is 3. The number of amides is 1. The van der Waals surface area contributed by atoms with Gasteiger partial charge in [0.1, 0.15) is 5.15 Å². The van der Waals surface area contributed by atoms with Crippen LogP contribution in [0.25, 0.3) is 0 Å². The fraction of sp³-hybridized carbons (Fsp3) is 0.500. The second-order valence-electron chi connectivity index (χ2n) is 3.21. The van der Waals surface area contributed by atoms with Gasteiger partial charge in [-0.05, 0) is 12.5 Å². The summed E-state index contributed by atoms with van der Waals surface area (Å²) in [6.07, 6.45) is 5.06. The van der Waals surface area contributed by atoms with E-state index < -0.39 is 0 Å². The van der Waals surface area contributed by atoms with Gasteiger partial charge in [0.05, 0.1) is 0 Å². The Balaban J connectivity index is 2.37. The van der Waals surface area contributed by atoms with Gasteiger partial charge in [-0.1, -0.05) is 31.4 Å². The maximum absolute atomic E-state index is 11.4. The molecule has 0 aliphatic rings. The SMILES string of the molecule is CCCCCC(=O)Nc1nccc(Cl)n1. The first kappa shape index (κ1) is 11.9. The van der Waals surface area contributed by atoms with Crippen LogP contribution in [-0.4, -0.2) is 15.9 Å². The van der Waals surface area contributed by atoms with E-state index >= 15 is 0 Å². The highest BCUT2D eigenvalue weighted by Crippen LogP contribution is 2.07. The summed E-state index contributed by atoms with van der Waals surface area (Å²) in [4.78, 5) is 19.1. The van der Waals surface area contributed by atoms with Crippen LogP contribution in [0.5, 0.6) is 0 Å². The number of carbonyl (C=O) groups excluding carboxylic acids is 1. The van der Waals surface area contributed by atoms with Crippen LogP contribution in [0.15, 0.2) is 12.3 Å². The molecule has 0 bridgehead atoms. The van der Waals surface area contributed by atoms with Crippen LogP contribution in [0.4, 0.5) is 5.95 Å². The molecular weight excluding hydrogens is 214 g/mol. The number of nitrogens with zero attached hydrogens (tertiary/aromatic N) is 2. The van der Waals surface area contributed by atoms with E-state index in [9.17, 15) is 4.79 Å². The molecule has 0 fully saturated rings. The number of aromatic nitrogens is 2. The Morgan fingerprint density at radius 3 is 3.00 bits per heavy atom. The number of rotatable bonds is 5. The van der Waals surface area contributed by atoms with Crippen molar-refractivity contribution in [3.63, 3.8) is 0 Å². The van der Waals surface area contributed by atoms with Gasteiger partial charge < -0.3 is 0 Å². The standard InChI is InChI=1S/C10H14ClN3O/c1-2-3-4-5-9(15)14-10-12-7-6-8(11)13-10/h6-7H,2-5H2,1H3,(H,12,13,14,15). The minimum atomic E-state index is -0.0642. The predicted molar refractivity (Wildman–Crippen MR) is 59.8 cm³/mol.